The number of hydrogen-bond acceptors (Lipinski definition) is 7. The Balaban J connectivity index is 0.00000253. The quantitative estimate of drug-likeness (QED) is 0.322. The zero-order valence-corrected chi connectivity index (χ0v) is 26.3. The van der Waals surface area contributed by atoms with Crippen LogP contribution in [-0.2, 0) is 34.8 Å². The Morgan fingerprint density at radius 2 is 1.89 bits per heavy atom. The van der Waals surface area contributed by atoms with Crippen LogP contribution >= 0.6 is 0 Å². The molecule has 3 aliphatic rings. The molecule has 35 heavy (non-hydrogen) atoms. The molecule has 1 N–H and O–H groups in total. The standard InChI is InChI=1S/C25H24N3O6.Rf/c1-4-25(31)17-6-19-22-15(9-28(19)23(29)16(17)10-32-24(25)30)14(8-26-12(2)3)13-5-20-21(34-11-33-20)7-18(13)27-22;/h5-7,12,31H,4,8-11H2,1-3H3;/q-1;/t25-;/m0./s1. The average molecular weight is 729 g/mol. The first-order valence-electron chi connectivity index (χ1n) is 11.4. The third-order valence-corrected chi connectivity index (χ3v) is 6.91. The molecule has 3 aliphatic heterocycles. The molecular formula is C25H24N3O6Rf-. The Hall–Kier alpha value is -4.43. The molecule has 0 spiro atoms. The van der Waals surface area contributed by atoms with Crippen LogP contribution in [0.3, 0.4) is 0 Å². The number of nitrogens with zero attached hydrogens (tertiary/aromatic N) is 3. The van der Waals surface area contributed by atoms with Crippen LogP contribution in [0.5, 0.6) is 11.5 Å². The Bertz CT molecular complexity index is 1450. The summed E-state index contributed by atoms with van der Waals surface area (Å²) in [7, 11) is 0. The topological polar surface area (TPSA) is 114 Å². The molecule has 9 nitrogen and oxygen atoms in total. The molecule has 0 saturated heterocycles. The molecule has 1 atom stereocenters. The number of esters is 1. The van der Waals surface area contributed by atoms with E-state index in [0.717, 1.165) is 16.5 Å². The van der Waals surface area contributed by atoms with Crippen molar-refractivity contribution in [3.05, 3.63) is 56.1 Å². The predicted octanol–water partition coefficient (Wildman–Crippen LogP) is 3.09. The summed E-state index contributed by atoms with van der Waals surface area (Å²) in [4.78, 5) is 30.8. The van der Waals surface area contributed by atoms with Crippen LogP contribution in [0.15, 0.2) is 23.0 Å². The van der Waals surface area contributed by atoms with E-state index >= 15 is 0 Å². The van der Waals surface area contributed by atoms with Gasteiger partial charge in [-0.1, -0.05) is 26.3 Å². The normalized spacial score (nSPS) is 19.3. The number of ether oxygens (including phenoxy) is 3. The van der Waals surface area contributed by atoms with Gasteiger partial charge in [0, 0.05) is 22.6 Å². The van der Waals surface area contributed by atoms with Crippen LogP contribution in [0.2, 0.25) is 0 Å². The first kappa shape index (κ1) is 22.4. The Kier molecular flexibility index (Phi) is 4.82. The molecule has 0 fully saturated rings. The fourth-order valence-corrected chi connectivity index (χ4v) is 5.01. The second kappa shape index (κ2) is 7.54. The molecular weight excluding hydrogens is 705 g/mol. The molecule has 2 aromatic heterocycles. The first-order valence-corrected chi connectivity index (χ1v) is 11.4. The van der Waals surface area contributed by atoms with Crippen molar-refractivity contribution < 1.29 is 24.1 Å². The summed E-state index contributed by atoms with van der Waals surface area (Å²) in [6.45, 7) is 6.53. The third-order valence-electron chi connectivity index (χ3n) is 6.91. The molecule has 1 aromatic carbocycles. The summed E-state index contributed by atoms with van der Waals surface area (Å²) < 4.78 is 18.0. The van der Waals surface area contributed by atoms with Gasteiger partial charge < -0.3 is 29.2 Å². The first-order chi connectivity index (χ1) is 16.3. The van der Waals surface area contributed by atoms with Gasteiger partial charge in [-0.25, -0.2) is 9.78 Å². The minimum absolute atomic E-state index is 0. The predicted molar refractivity (Wildman–Crippen MR) is 123 cm³/mol. The van der Waals surface area contributed by atoms with E-state index in [-0.39, 0.29) is 31.4 Å². The molecule has 0 amide bonds. The number of aromatic nitrogens is 2. The second-order valence-corrected chi connectivity index (χ2v) is 9.18. The van der Waals surface area contributed by atoms with E-state index in [1.807, 2.05) is 26.0 Å². The fourth-order valence-electron chi connectivity index (χ4n) is 5.01. The maximum absolute atomic E-state index is 13.5. The number of pyridine rings is 2. The monoisotopic (exact) mass is 729 g/mol. The van der Waals surface area contributed by atoms with Crippen LogP contribution in [0, 0.1) is 0 Å². The summed E-state index contributed by atoms with van der Waals surface area (Å²) in [6.07, 6.45) is 0.0989. The molecule has 0 bridgehead atoms. The van der Waals surface area contributed by atoms with E-state index < -0.39 is 11.6 Å². The minimum atomic E-state index is -1.86. The smallest absolute Gasteiger partial charge is 0.343 e. The van der Waals surface area contributed by atoms with Crippen molar-refractivity contribution in [1.29, 1.82) is 0 Å². The molecule has 0 unspecified atom stereocenters. The number of benzene rings is 1. The summed E-state index contributed by atoms with van der Waals surface area (Å²) in [5.74, 6) is 0.545. The number of aliphatic hydroxyl groups is 1. The minimum Gasteiger partial charge on any atom is -0.656 e. The maximum atomic E-state index is 13.5. The number of carbonyl (C=O) groups excluding carboxylic acids is 1. The Morgan fingerprint density at radius 1 is 1.14 bits per heavy atom. The van der Waals surface area contributed by atoms with Gasteiger partial charge in [0.05, 0.1) is 29.0 Å². The van der Waals surface area contributed by atoms with E-state index in [2.05, 4.69) is 0 Å². The molecule has 6 rings (SSSR count). The molecule has 10 heteroatoms. The maximum Gasteiger partial charge on any atom is 0.343 e. The summed E-state index contributed by atoms with van der Waals surface area (Å²) in [5.41, 5.74) is 2.28. The van der Waals surface area contributed by atoms with Gasteiger partial charge >= 0.3 is 5.97 Å². The van der Waals surface area contributed by atoms with Gasteiger partial charge in [0.1, 0.15) is 6.61 Å². The summed E-state index contributed by atoms with van der Waals surface area (Å²) >= 11 is 0. The van der Waals surface area contributed by atoms with E-state index in [1.54, 1.807) is 17.6 Å². The number of rotatable bonds is 4. The van der Waals surface area contributed by atoms with Gasteiger partial charge in [0.2, 0.25) is 6.79 Å². The summed E-state index contributed by atoms with van der Waals surface area (Å²) in [6, 6.07) is 5.63. The molecule has 0 radical (unpaired) electrons. The van der Waals surface area contributed by atoms with E-state index in [0.29, 0.717) is 52.6 Å². The summed E-state index contributed by atoms with van der Waals surface area (Å²) in [5, 5.41) is 16.7. The average Bonchev–Trinajstić information content (AvgIpc) is 3.42. The van der Waals surface area contributed by atoms with Gasteiger partial charge in [-0.2, -0.15) is 0 Å². The van der Waals surface area contributed by atoms with Gasteiger partial charge in [0.15, 0.2) is 17.1 Å². The zero-order valence-electron chi connectivity index (χ0n) is 19.9. The third kappa shape index (κ3) is 3.00. The molecule has 3 aromatic rings. The van der Waals surface area contributed by atoms with E-state index in [9.17, 15) is 14.7 Å². The van der Waals surface area contributed by atoms with Crippen molar-refractivity contribution in [2.45, 2.75) is 58.5 Å². The second-order valence-electron chi connectivity index (χ2n) is 9.18. The van der Waals surface area contributed by atoms with Crippen LogP contribution < -0.4 is 15.0 Å². The number of hydrogen-bond donors (Lipinski definition) is 1. The number of carbonyl (C=O) groups is 1. The fraction of sp³-hybridized carbons (Fsp3) is 0.400. The Labute approximate surface area is 195 Å². The van der Waals surface area contributed by atoms with Crippen molar-refractivity contribution >= 4 is 16.9 Å². The number of cyclic esters (lactones) is 1. The van der Waals surface area contributed by atoms with Gasteiger partial charge in [-0.15, -0.1) is 12.6 Å². The van der Waals surface area contributed by atoms with Crippen molar-refractivity contribution in [3.8, 4) is 22.9 Å². The largest absolute Gasteiger partial charge is 0.656 e. The Morgan fingerprint density at radius 3 is 2.60 bits per heavy atom. The number of fused-ring (bicyclic) bond motifs is 6. The van der Waals surface area contributed by atoms with Crippen LogP contribution in [0.4, 0.5) is 0 Å². The van der Waals surface area contributed by atoms with Crippen molar-refractivity contribution in [1.82, 2.24) is 9.55 Å². The van der Waals surface area contributed by atoms with Crippen LogP contribution in [0.25, 0.3) is 27.6 Å². The molecule has 178 valence electrons. The molecule has 5 heterocycles. The van der Waals surface area contributed by atoms with Gasteiger partial charge in [0.25, 0.3) is 5.56 Å². The zero-order chi connectivity index (χ0) is 23.8. The SMILES string of the molecule is CC[C@@]1(O)C(=O)OCc2c1cc1n(c2=O)Cc2c-1nc1cc3c(cc1c2C[N-]C(C)C)OCO3.[Rf]. The van der Waals surface area contributed by atoms with Crippen LogP contribution in [0.1, 0.15) is 49.4 Å². The van der Waals surface area contributed by atoms with E-state index in [1.165, 1.54) is 0 Å². The van der Waals surface area contributed by atoms with Crippen molar-refractivity contribution in [2.24, 2.45) is 0 Å². The van der Waals surface area contributed by atoms with Crippen molar-refractivity contribution in [2.75, 3.05) is 6.79 Å². The van der Waals surface area contributed by atoms with Gasteiger partial charge in [-0.05, 0) is 18.6 Å². The van der Waals surface area contributed by atoms with Crippen molar-refractivity contribution in [3.63, 3.8) is 0 Å². The molecule has 0 saturated carbocycles. The van der Waals surface area contributed by atoms with E-state index in [4.69, 9.17) is 24.5 Å². The van der Waals surface area contributed by atoms with Crippen LogP contribution in [-0.4, -0.2) is 33.5 Å². The van der Waals surface area contributed by atoms with Gasteiger partial charge in [-0.3, -0.25) is 4.79 Å². The molecule has 0 aliphatic carbocycles.